The monoisotopic (exact) mass is 309 g/mol. The van der Waals surface area contributed by atoms with Crippen molar-refractivity contribution in [1.29, 1.82) is 0 Å². The highest BCUT2D eigenvalue weighted by molar-refractivity contribution is 5.85. The van der Waals surface area contributed by atoms with Crippen LogP contribution in [0.3, 0.4) is 0 Å². The van der Waals surface area contributed by atoms with Gasteiger partial charge in [0.25, 0.3) is 0 Å². The lowest BCUT2D eigenvalue weighted by Gasteiger charge is -2.16. The van der Waals surface area contributed by atoms with Gasteiger partial charge in [-0.15, -0.1) is 0 Å². The third kappa shape index (κ3) is 7.17. The van der Waals surface area contributed by atoms with E-state index in [1.807, 2.05) is 0 Å². The van der Waals surface area contributed by atoms with Crippen molar-refractivity contribution >= 4 is 11.8 Å². The van der Waals surface area contributed by atoms with E-state index < -0.39 is 0 Å². The van der Waals surface area contributed by atoms with Crippen molar-refractivity contribution in [3.8, 4) is 0 Å². The minimum atomic E-state index is -0.384. The minimum absolute atomic E-state index is 0.0428. The Bertz CT molecular complexity index is 494. The quantitative estimate of drug-likeness (QED) is 0.639. The van der Waals surface area contributed by atoms with Gasteiger partial charge in [0.2, 0.25) is 11.8 Å². The van der Waals surface area contributed by atoms with Crippen LogP contribution in [-0.2, 0) is 16.0 Å². The van der Waals surface area contributed by atoms with E-state index in [9.17, 15) is 14.0 Å². The standard InChI is InChI=1S/C16H24FN3O2/c1-2-3-7-14(10-18)20-16(22)11-19-15(21)9-12-5-4-6-13(17)8-12/h4-6,8,14H,2-3,7,9-11,18H2,1H3,(H,19,21)(H,20,22). The van der Waals surface area contributed by atoms with E-state index in [2.05, 4.69) is 17.6 Å². The summed E-state index contributed by atoms with van der Waals surface area (Å²) in [4.78, 5) is 23.5. The molecule has 0 radical (unpaired) electrons. The fraction of sp³-hybridized carbons (Fsp3) is 0.500. The van der Waals surface area contributed by atoms with Crippen molar-refractivity contribution in [2.45, 2.75) is 38.6 Å². The van der Waals surface area contributed by atoms with Crippen molar-refractivity contribution in [1.82, 2.24) is 10.6 Å². The number of unbranched alkanes of at least 4 members (excludes halogenated alkanes) is 1. The molecule has 1 rings (SSSR count). The predicted molar refractivity (Wildman–Crippen MR) is 83.6 cm³/mol. The predicted octanol–water partition coefficient (Wildman–Crippen LogP) is 1.12. The Morgan fingerprint density at radius 3 is 2.73 bits per heavy atom. The molecular formula is C16H24FN3O2. The lowest BCUT2D eigenvalue weighted by molar-refractivity contribution is -0.126. The maximum atomic E-state index is 13.0. The van der Waals surface area contributed by atoms with Crippen LogP contribution >= 0.6 is 0 Å². The normalized spacial score (nSPS) is 11.8. The van der Waals surface area contributed by atoms with Gasteiger partial charge in [0.05, 0.1) is 13.0 Å². The Labute approximate surface area is 130 Å². The van der Waals surface area contributed by atoms with Crippen molar-refractivity contribution in [2.75, 3.05) is 13.1 Å². The fourth-order valence-corrected chi connectivity index (χ4v) is 2.05. The number of rotatable bonds is 9. The second kappa shape index (κ2) is 9.89. The molecule has 5 nitrogen and oxygen atoms in total. The van der Waals surface area contributed by atoms with E-state index in [0.29, 0.717) is 12.1 Å². The van der Waals surface area contributed by atoms with Crippen molar-refractivity contribution in [3.63, 3.8) is 0 Å². The summed E-state index contributed by atoms with van der Waals surface area (Å²) in [6, 6.07) is 5.77. The van der Waals surface area contributed by atoms with Crippen LogP contribution in [-0.4, -0.2) is 30.9 Å². The highest BCUT2D eigenvalue weighted by atomic mass is 19.1. The first kappa shape index (κ1) is 18.1. The third-order valence-corrected chi connectivity index (χ3v) is 3.26. The molecule has 0 fully saturated rings. The van der Waals surface area contributed by atoms with Gasteiger partial charge in [-0.05, 0) is 24.1 Å². The van der Waals surface area contributed by atoms with Crippen LogP contribution in [0.15, 0.2) is 24.3 Å². The van der Waals surface area contributed by atoms with E-state index in [0.717, 1.165) is 19.3 Å². The second-order valence-corrected chi connectivity index (χ2v) is 5.23. The minimum Gasteiger partial charge on any atom is -0.351 e. The molecular weight excluding hydrogens is 285 g/mol. The van der Waals surface area contributed by atoms with Gasteiger partial charge in [0, 0.05) is 12.6 Å². The largest absolute Gasteiger partial charge is 0.351 e. The zero-order valence-electron chi connectivity index (χ0n) is 12.9. The summed E-state index contributed by atoms with van der Waals surface area (Å²) in [5.41, 5.74) is 6.17. The van der Waals surface area contributed by atoms with E-state index in [1.165, 1.54) is 12.1 Å². The van der Waals surface area contributed by atoms with Crippen LogP contribution in [0.1, 0.15) is 31.7 Å². The lowest BCUT2D eigenvalue weighted by Crippen LogP contribution is -2.45. The van der Waals surface area contributed by atoms with E-state index in [4.69, 9.17) is 5.73 Å². The molecule has 0 aliphatic rings. The average Bonchev–Trinajstić information content (AvgIpc) is 2.49. The van der Waals surface area contributed by atoms with Gasteiger partial charge >= 0.3 is 0 Å². The first-order valence-electron chi connectivity index (χ1n) is 7.55. The maximum absolute atomic E-state index is 13.0. The number of nitrogens with two attached hydrogens (primary N) is 1. The zero-order chi connectivity index (χ0) is 16.4. The number of hydrogen-bond acceptors (Lipinski definition) is 3. The number of nitrogens with one attached hydrogen (secondary N) is 2. The summed E-state index contributed by atoms with van der Waals surface area (Å²) >= 11 is 0. The van der Waals surface area contributed by atoms with Crippen molar-refractivity contribution in [2.24, 2.45) is 5.73 Å². The van der Waals surface area contributed by atoms with Crippen LogP contribution in [0.25, 0.3) is 0 Å². The maximum Gasteiger partial charge on any atom is 0.239 e. The molecule has 0 spiro atoms. The number of hydrogen-bond donors (Lipinski definition) is 3. The van der Waals surface area contributed by atoms with Crippen LogP contribution in [0.2, 0.25) is 0 Å². The Morgan fingerprint density at radius 2 is 2.09 bits per heavy atom. The topological polar surface area (TPSA) is 84.2 Å². The molecule has 1 atom stereocenters. The van der Waals surface area contributed by atoms with E-state index in [-0.39, 0.29) is 36.6 Å². The number of benzene rings is 1. The van der Waals surface area contributed by atoms with Crippen molar-refractivity contribution < 1.29 is 14.0 Å². The van der Waals surface area contributed by atoms with Gasteiger partial charge in [-0.2, -0.15) is 0 Å². The molecule has 6 heteroatoms. The molecule has 0 saturated carbocycles. The first-order chi connectivity index (χ1) is 10.5. The molecule has 22 heavy (non-hydrogen) atoms. The van der Waals surface area contributed by atoms with Gasteiger partial charge < -0.3 is 16.4 Å². The summed E-state index contributed by atoms with van der Waals surface area (Å²) in [6.45, 7) is 2.35. The van der Waals surface area contributed by atoms with Gasteiger partial charge in [-0.25, -0.2) is 4.39 Å². The first-order valence-corrected chi connectivity index (χ1v) is 7.55. The SMILES string of the molecule is CCCCC(CN)NC(=O)CNC(=O)Cc1cccc(F)c1. The number of carbonyl (C=O) groups is 2. The number of amides is 2. The summed E-state index contributed by atoms with van der Waals surface area (Å²) in [7, 11) is 0. The molecule has 122 valence electrons. The van der Waals surface area contributed by atoms with Gasteiger partial charge in [0.1, 0.15) is 5.82 Å². The van der Waals surface area contributed by atoms with E-state index >= 15 is 0 Å². The van der Waals surface area contributed by atoms with Crippen molar-refractivity contribution in [3.05, 3.63) is 35.6 Å². The van der Waals surface area contributed by atoms with Crippen LogP contribution in [0.5, 0.6) is 0 Å². The molecule has 0 aliphatic carbocycles. The fourth-order valence-electron chi connectivity index (χ4n) is 2.05. The Kier molecular flexibility index (Phi) is 8.14. The third-order valence-electron chi connectivity index (χ3n) is 3.26. The summed E-state index contributed by atoms with van der Waals surface area (Å²) in [5.74, 6) is -0.970. The lowest BCUT2D eigenvalue weighted by atomic mass is 10.1. The zero-order valence-corrected chi connectivity index (χ0v) is 12.9. The Balaban J connectivity index is 2.32. The average molecular weight is 309 g/mol. The molecule has 0 aromatic heterocycles. The Morgan fingerprint density at radius 1 is 1.32 bits per heavy atom. The van der Waals surface area contributed by atoms with Gasteiger partial charge in [0.15, 0.2) is 0 Å². The second-order valence-electron chi connectivity index (χ2n) is 5.23. The molecule has 1 aromatic rings. The summed E-state index contributed by atoms with van der Waals surface area (Å²) in [6.07, 6.45) is 2.90. The van der Waals surface area contributed by atoms with E-state index in [1.54, 1.807) is 12.1 Å². The molecule has 0 bridgehead atoms. The van der Waals surface area contributed by atoms with Crippen LogP contribution in [0.4, 0.5) is 4.39 Å². The molecule has 4 N–H and O–H groups in total. The Hall–Kier alpha value is -1.95. The number of carbonyl (C=O) groups excluding carboxylic acids is 2. The summed E-state index contributed by atoms with van der Waals surface area (Å²) < 4.78 is 13.0. The van der Waals surface area contributed by atoms with Gasteiger partial charge in [-0.3, -0.25) is 9.59 Å². The molecule has 0 heterocycles. The van der Waals surface area contributed by atoms with Crippen LogP contribution < -0.4 is 16.4 Å². The molecule has 0 aliphatic heterocycles. The highest BCUT2D eigenvalue weighted by Crippen LogP contribution is 2.04. The molecule has 2 amide bonds. The molecule has 1 unspecified atom stereocenters. The van der Waals surface area contributed by atoms with Gasteiger partial charge in [-0.1, -0.05) is 31.9 Å². The van der Waals surface area contributed by atoms with Crippen LogP contribution in [0, 0.1) is 5.82 Å². The molecule has 1 aromatic carbocycles. The number of halogens is 1. The smallest absolute Gasteiger partial charge is 0.239 e. The highest BCUT2D eigenvalue weighted by Gasteiger charge is 2.11. The molecule has 0 saturated heterocycles. The summed E-state index contributed by atoms with van der Waals surface area (Å²) in [5, 5.41) is 5.31.